The van der Waals surface area contributed by atoms with E-state index in [9.17, 15) is 0 Å². The van der Waals surface area contributed by atoms with Crippen LogP contribution in [0.1, 0.15) is 11.3 Å². The van der Waals surface area contributed by atoms with E-state index >= 15 is 0 Å². The predicted octanol–water partition coefficient (Wildman–Crippen LogP) is 0.439. The molecule has 0 saturated carbocycles. The third-order valence-electron chi connectivity index (χ3n) is 2.22. The molecule has 2 rings (SSSR count). The second-order valence-electron chi connectivity index (χ2n) is 3.28. The van der Waals surface area contributed by atoms with E-state index in [0.717, 1.165) is 31.3 Å². The van der Waals surface area contributed by atoms with Crippen LogP contribution in [0.3, 0.4) is 0 Å². The number of nitrogens with one attached hydrogen (secondary N) is 2. The molecule has 4 heteroatoms. The van der Waals surface area contributed by atoms with Gasteiger partial charge in [0.25, 0.3) is 0 Å². The van der Waals surface area contributed by atoms with Gasteiger partial charge in [-0.1, -0.05) is 6.07 Å². The second-order valence-corrected chi connectivity index (χ2v) is 3.28. The number of hydrogen-bond donors (Lipinski definition) is 2. The monoisotopic (exact) mass is 190 g/mol. The molecule has 0 atom stereocenters. The SMILES string of the molecule is Cc1cccnc1CNC1=NCCN1. The Morgan fingerprint density at radius 1 is 1.57 bits per heavy atom. The summed E-state index contributed by atoms with van der Waals surface area (Å²) in [5, 5.41) is 6.37. The Balaban J connectivity index is 1.94. The first-order valence-corrected chi connectivity index (χ1v) is 4.79. The second kappa shape index (κ2) is 4.09. The third-order valence-corrected chi connectivity index (χ3v) is 2.22. The van der Waals surface area contributed by atoms with Crippen LogP contribution in [0.25, 0.3) is 0 Å². The molecule has 1 aliphatic rings. The highest BCUT2D eigenvalue weighted by molar-refractivity contribution is 5.81. The van der Waals surface area contributed by atoms with Crippen molar-refractivity contribution in [2.75, 3.05) is 13.1 Å². The van der Waals surface area contributed by atoms with Crippen LogP contribution in [-0.2, 0) is 6.54 Å². The standard InChI is InChI=1S/C10H14N4/c1-8-3-2-4-11-9(8)7-14-10-12-5-6-13-10/h2-4H,5-7H2,1H3,(H2,12,13,14). The molecule has 0 radical (unpaired) electrons. The Hall–Kier alpha value is -1.58. The van der Waals surface area contributed by atoms with E-state index in [1.165, 1.54) is 5.56 Å². The largest absolute Gasteiger partial charge is 0.355 e. The maximum absolute atomic E-state index is 4.29. The van der Waals surface area contributed by atoms with Crippen LogP contribution in [-0.4, -0.2) is 24.0 Å². The van der Waals surface area contributed by atoms with Crippen LogP contribution >= 0.6 is 0 Å². The van der Waals surface area contributed by atoms with Gasteiger partial charge in [-0.2, -0.15) is 0 Å². The molecule has 74 valence electrons. The Bertz CT molecular complexity index is 346. The van der Waals surface area contributed by atoms with Gasteiger partial charge in [-0.15, -0.1) is 0 Å². The summed E-state index contributed by atoms with van der Waals surface area (Å²) in [5.74, 6) is 0.884. The van der Waals surface area contributed by atoms with Gasteiger partial charge in [-0.3, -0.25) is 9.98 Å². The van der Waals surface area contributed by atoms with Gasteiger partial charge < -0.3 is 10.6 Å². The van der Waals surface area contributed by atoms with Crippen molar-refractivity contribution in [1.82, 2.24) is 15.6 Å². The Morgan fingerprint density at radius 3 is 3.21 bits per heavy atom. The lowest BCUT2D eigenvalue weighted by Crippen LogP contribution is -2.33. The fraction of sp³-hybridized carbons (Fsp3) is 0.400. The van der Waals surface area contributed by atoms with Gasteiger partial charge in [0.2, 0.25) is 0 Å². The van der Waals surface area contributed by atoms with E-state index in [-0.39, 0.29) is 0 Å². The first-order valence-electron chi connectivity index (χ1n) is 4.79. The molecule has 2 heterocycles. The molecule has 1 aromatic heterocycles. The molecule has 0 spiro atoms. The fourth-order valence-corrected chi connectivity index (χ4v) is 1.39. The molecule has 0 aromatic carbocycles. The minimum Gasteiger partial charge on any atom is -0.355 e. The van der Waals surface area contributed by atoms with E-state index in [2.05, 4.69) is 33.6 Å². The molecule has 0 amide bonds. The topological polar surface area (TPSA) is 49.3 Å². The lowest BCUT2D eigenvalue weighted by molar-refractivity contribution is 0.832. The van der Waals surface area contributed by atoms with Gasteiger partial charge in [0.15, 0.2) is 5.96 Å². The summed E-state index contributed by atoms with van der Waals surface area (Å²) >= 11 is 0. The van der Waals surface area contributed by atoms with Gasteiger partial charge in [0, 0.05) is 12.7 Å². The van der Waals surface area contributed by atoms with Crippen molar-refractivity contribution in [3.05, 3.63) is 29.6 Å². The number of rotatable bonds is 2. The normalized spacial score (nSPS) is 14.8. The summed E-state index contributed by atoms with van der Waals surface area (Å²) in [5.41, 5.74) is 2.28. The van der Waals surface area contributed by atoms with Crippen molar-refractivity contribution in [3.63, 3.8) is 0 Å². The summed E-state index contributed by atoms with van der Waals surface area (Å²) in [6.07, 6.45) is 1.81. The lowest BCUT2D eigenvalue weighted by atomic mass is 10.2. The van der Waals surface area contributed by atoms with Crippen molar-refractivity contribution in [2.45, 2.75) is 13.5 Å². The lowest BCUT2D eigenvalue weighted by Gasteiger charge is -2.07. The number of aryl methyl sites for hydroxylation is 1. The molecule has 0 bridgehead atoms. The molecule has 1 aliphatic heterocycles. The van der Waals surface area contributed by atoms with Gasteiger partial charge in [0.1, 0.15) is 0 Å². The van der Waals surface area contributed by atoms with Crippen molar-refractivity contribution >= 4 is 5.96 Å². The molecule has 2 N–H and O–H groups in total. The summed E-state index contributed by atoms with van der Waals surface area (Å²) in [4.78, 5) is 8.54. The minimum atomic E-state index is 0.735. The molecular weight excluding hydrogens is 176 g/mol. The molecule has 14 heavy (non-hydrogen) atoms. The highest BCUT2D eigenvalue weighted by Crippen LogP contribution is 2.02. The third kappa shape index (κ3) is 2.02. The number of hydrogen-bond acceptors (Lipinski definition) is 4. The van der Waals surface area contributed by atoms with E-state index in [1.54, 1.807) is 0 Å². The van der Waals surface area contributed by atoms with Crippen molar-refractivity contribution in [2.24, 2.45) is 4.99 Å². The fourth-order valence-electron chi connectivity index (χ4n) is 1.39. The Labute approximate surface area is 83.5 Å². The molecular formula is C10H14N4. The summed E-state index contributed by atoms with van der Waals surface area (Å²) in [6.45, 7) is 4.60. The summed E-state index contributed by atoms with van der Waals surface area (Å²) in [6, 6.07) is 4.01. The first-order chi connectivity index (χ1) is 6.86. The maximum atomic E-state index is 4.29. The molecule has 0 fully saturated rings. The minimum absolute atomic E-state index is 0.735. The zero-order chi connectivity index (χ0) is 9.80. The van der Waals surface area contributed by atoms with E-state index < -0.39 is 0 Å². The summed E-state index contributed by atoms with van der Waals surface area (Å²) < 4.78 is 0. The van der Waals surface area contributed by atoms with Crippen molar-refractivity contribution in [3.8, 4) is 0 Å². The van der Waals surface area contributed by atoms with Crippen LogP contribution in [0.2, 0.25) is 0 Å². The zero-order valence-electron chi connectivity index (χ0n) is 8.25. The van der Waals surface area contributed by atoms with Crippen molar-refractivity contribution < 1.29 is 0 Å². The molecule has 0 saturated heterocycles. The van der Waals surface area contributed by atoms with Crippen LogP contribution in [0.4, 0.5) is 0 Å². The Morgan fingerprint density at radius 2 is 2.50 bits per heavy atom. The molecule has 0 unspecified atom stereocenters. The van der Waals surface area contributed by atoms with Crippen LogP contribution < -0.4 is 10.6 Å². The number of guanidine groups is 1. The average Bonchev–Trinajstić information content (AvgIpc) is 2.69. The van der Waals surface area contributed by atoms with E-state index in [4.69, 9.17) is 0 Å². The maximum Gasteiger partial charge on any atom is 0.191 e. The number of aromatic nitrogens is 1. The predicted molar refractivity (Wildman–Crippen MR) is 56.1 cm³/mol. The molecule has 0 aliphatic carbocycles. The quantitative estimate of drug-likeness (QED) is 0.711. The van der Waals surface area contributed by atoms with Gasteiger partial charge in [0.05, 0.1) is 18.8 Å². The Kier molecular flexibility index (Phi) is 2.62. The number of aliphatic imine (C=N–C) groups is 1. The van der Waals surface area contributed by atoms with Gasteiger partial charge in [-0.25, -0.2) is 0 Å². The molecule has 4 nitrogen and oxygen atoms in total. The smallest absolute Gasteiger partial charge is 0.191 e. The zero-order valence-corrected chi connectivity index (χ0v) is 8.25. The van der Waals surface area contributed by atoms with Gasteiger partial charge >= 0.3 is 0 Å². The number of nitrogens with zero attached hydrogens (tertiary/aromatic N) is 2. The molecule has 1 aromatic rings. The first kappa shape index (κ1) is 8.99. The van der Waals surface area contributed by atoms with E-state index in [1.807, 2.05) is 12.3 Å². The summed E-state index contributed by atoms with van der Waals surface area (Å²) in [7, 11) is 0. The van der Waals surface area contributed by atoms with Crippen molar-refractivity contribution in [1.29, 1.82) is 0 Å². The highest BCUT2D eigenvalue weighted by atomic mass is 15.2. The van der Waals surface area contributed by atoms with E-state index in [0.29, 0.717) is 0 Å². The van der Waals surface area contributed by atoms with Crippen LogP contribution in [0.5, 0.6) is 0 Å². The van der Waals surface area contributed by atoms with Gasteiger partial charge in [-0.05, 0) is 18.6 Å². The average molecular weight is 190 g/mol. The van der Waals surface area contributed by atoms with Crippen LogP contribution in [0, 0.1) is 6.92 Å². The number of pyridine rings is 1. The highest BCUT2D eigenvalue weighted by Gasteiger charge is 2.04. The van der Waals surface area contributed by atoms with Crippen LogP contribution in [0.15, 0.2) is 23.3 Å².